The lowest BCUT2D eigenvalue weighted by Crippen LogP contribution is -2.62. The summed E-state index contributed by atoms with van der Waals surface area (Å²) >= 11 is 0. The number of nitrogens with one attached hydrogen (secondary N) is 8. The minimum Gasteiger partial charge on any atom is -0.481 e. The fourth-order valence-electron chi connectivity index (χ4n) is 8.79. The number of para-hydroxylation sites is 1. The van der Waals surface area contributed by atoms with Crippen molar-refractivity contribution in [3.63, 3.8) is 0 Å². The fraction of sp³-hybridized carbons (Fsp3) is 0.368. The average Bonchev–Trinajstić information content (AvgIpc) is 3.85. The summed E-state index contributed by atoms with van der Waals surface area (Å²) in [6, 6.07) is 20.8. The number of carboxylic acids is 2. The highest BCUT2D eigenvalue weighted by atomic mass is 16.4. The van der Waals surface area contributed by atoms with Crippen LogP contribution in [0.4, 0.5) is 0 Å². The van der Waals surface area contributed by atoms with Crippen molar-refractivity contribution in [2.24, 2.45) is 17.2 Å². The van der Waals surface area contributed by atoms with Gasteiger partial charge in [0.05, 0.1) is 18.6 Å². The number of amides is 8. The number of carboxylic acid groups (broad SMARTS) is 2. The number of carbonyl (C=O) groups is 10. The first-order valence-electron chi connectivity index (χ1n) is 26.4. The number of aromatic nitrogens is 1. The first-order valence-corrected chi connectivity index (χ1v) is 26.4. The van der Waals surface area contributed by atoms with E-state index in [0.717, 1.165) is 0 Å². The van der Waals surface area contributed by atoms with E-state index in [4.69, 9.17) is 17.2 Å². The predicted octanol–water partition coefficient (Wildman–Crippen LogP) is -0.506. The van der Waals surface area contributed by atoms with Crippen LogP contribution in [0.1, 0.15) is 67.7 Å². The lowest BCUT2D eigenvalue weighted by molar-refractivity contribution is -0.143. The van der Waals surface area contributed by atoms with Gasteiger partial charge in [-0.3, -0.25) is 43.2 Å². The molecule has 0 fully saturated rings. The number of H-pyrrole nitrogens is 1. The molecule has 0 unspecified atom stereocenters. The minimum absolute atomic E-state index is 0.0626. The first kappa shape index (κ1) is 62.8. The van der Waals surface area contributed by atoms with Gasteiger partial charge in [-0.2, -0.15) is 0 Å². The van der Waals surface area contributed by atoms with Crippen molar-refractivity contribution in [2.75, 3.05) is 6.54 Å². The van der Waals surface area contributed by atoms with E-state index in [0.29, 0.717) is 39.6 Å². The molecule has 5 rings (SSSR count). The molecule has 4 aromatic carbocycles. The Balaban J connectivity index is 1.45. The van der Waals surface area contributed by atoms with E-state index >= 15 is 0 Å². The Kier molecular flexibility index (Phi) is 24.5. The van der Waals surface area contributed by atoms with Gasteiger partial charge < -0.3 is 74.7 Å². The number of rotatable bonds is 33. The molecule has 24 nitrogen and oxygen atoms in total. The van der Waals surface area contributed by atoms with Gasteiger partial charge >= 0.3 is 11.9 Å². The second kappa shape index (κ2) is 31.6. The number of hydrogen-bond acceptors (Lipinski definition) is 13. The van der Waals surface area contributed by atoms with Gasteiger partial charge in [0.25, 0.3) is 0 Å². The molecule has 17 N–H and O–H groups in total. The molecule has 0 aliphatic heterocycles. The smallest absolute Gasteiger partial charge is 0.326 e. The van der Waals surface area contributed by atoms with Crippen LogP contribution in [-0.4, -0.2) is 140 Å². The van der Waals surface area contributed by atoms with Crippen molar-refractivity contribution >= 4 is 70.1 Å². The van der Waals surface area contributed by atoms with Gasteiger partial charge in [0.1, 0.15) is 42.3 Å². The lowest BCUT2D eigenvalue weighted by Gasteiger charge is -2.29. The van der Waals surface area contributed by atoms with Gasteiger partial charge in [-0.05, 0) is 67.5 Å². The summed E-state index contributed by atoms with van der Waals surface area (Å²) in [6.45, 7) is 1.40. The monoisotopic (exact) mass is 1120 g/mol. The van der Waals surface area contributed by atoms with Crippen LogP contribution in [0.25, 0.3) is 10.9 Å². The summed E-state index contributed by atoms with van der Waals surface area (Å²) in [5.41, 5.74) is 20.1. The molecule has 0 saturated carbocycles. The number of unbranched alkanes of at least 4 members (excludes halogenated alkanes) is 1. The number of aliphatic hydroxyl groups is 1. The van der Waals surface area contributed by atoms with E-state index in [-0.39, 0.29) is 45.1 Å². The van der Waals surface area contributed by atoms with E-state index < -0.39 is 133 Å². The van der Waals surface area contributed by atoms with Crippen LogP contribution < -0.4 is 54.4 Å². The molecule has 8 amide bonds. The third-order valence-electron chi connectivity index (χ3n) is 13.1. The van der Waals surface area contributed by atoms with Crippen molar-refractivity contribution in [1.29, 1.82) is 0 Å². The molecular formula is C57H71N11O13. The van der Waals surface area contributed by atoms with Crippen molar-refractivity contribution in [3.05, 3.63) is 144 Å². The van der Waals surface area contributed by atoms with Crippen LogP contribution in [0.3, 0.4) is 0 Å². The van der Waals surface area contributed by atoms with Crippen molar-refractivity contribution in [1.82, 2.24) is 42.2 Å². The number of carbonyl (C=O) groups excluding carboxylic acids is 8. The zero-order valence-electron chi connectivity index (χ0n) is 44.7. The zero-order chi connectivity index (χ0) is 59.0. The van der Waals surface area contributed by atoms with E-state index in [1.54, 1.807) is 121 Å². The third kappa shape index (κ3) is 20.3. The van der Waals surface area contributed by atoms with E-state index in [2.05, 4.69) is 42.2 Å². The SMILES string of the molecule is C[C@@H](O)[C@H](NC(=O)[C@H](CCCCN)NC(=O)[C@@H](Cc1c[nH]c2ccccc12)NC(=O)[C@H](Cc1ccccc1)NC(=O)[C@H](Cc1ccccc1)NC(=O)[C@@H](N)CC(N)=O)C(=O)N[C@@H](Cc1ccccc1)C(=O)N[C@H](CCC(=O)O)C(=O)O. The zero-order valence-corrected chi connectivity index (χ0v) is 44.7. The molecule has 9 atom stereocenters. The molecule has 0 bridgehead atoms. The average molecular weight is 1120 g/mol. The Hall–Kier alpha value is -9.00. The summed E-state index contributed by atoms with van der Waals surface area (Å²) in [7, 11) is 0. The molecule has 1 heterocycles. The topological polar surface area (TPSA) is 409 Å². The molecule has 0 radical (unpaired) electrons. The number of aliphatic carboxylic acids is 2. The maximum atomic E-state index is 14.9. The third-order valence-corrected chi connectivity index (χ3v) is 13.1. The van der Waals surface area contributed by atoms with E-state index in [9.17, 15) is 63.3 Å². The lowest BCUT2D eigenvalue weighted by atomic mass is 10.00. The molecule has 432 valence electrons. The normalized spacial score (nSPS) is 14.4. The quantitative estimate of drug-likeness (QED) is 0.0236. The van der Waals surface area contributed by atoms with Gasteiger partial charge in [0, 0.05) is 49.2 Å². The highest BCUT2D eigenvalue weighted by molar-refractivity contribution is 5.99. The summed E-state index contributed by atoms with van der Waals surface area (Å²) < 4.78 is 0. The Morgan fingerprint density at radius 2 is 0.926 bits per heavy atom. The summed E-state index contributed by atoms with van der Waals surface area (Å²) in [5.74, 6) is -10.1. The van der Waals surface area contributed by atoms with Crippen LogP contribution in [0, 0.1) is 0 Å². The van der Waals surface area contributed by atoms with Crippen LogP contribution in [0.5, 0.6) is 0 Å². The number of aromatic amines is 1. The molecule has 24 heteroatoms. The Morgan fingerprint density at radius 3 is 1.38 bits per heavy atom. The van der Waals surface area contributed by atoms with Crippen LogP contribution in [0.2, 0.25) is 0 Å². The molecule has 1 aromatic heterocycles. The molecule has 0 aliphatic carbocycles. The van der Waals surface area contributed by atoms with Gasteiger partial charge in [0.15, 0.2) is 0 Å². The number of aliphatic hydroxyl groups excluding tert-OH is 1. The Labute approximate surface area is 467 Å². The Bertz CT molecular complexity index is 2940. The van der Waals surface area contributed by atoms with E-state index in [1.807, 2.05) is 0 Å². The highest BCUT2D eigenvalue weighted by Crippen LogP contribution is 2.20. The second-order valence-electron chi connectivity index (χ2n) is 19.6. The summed E-state index contributed by atoms with van der Waals surface area (Å²) in [4.78, 5) is 138. The summed E-state index contributed by atoms with van der Waals surface area (Å²) in [5, 5.41) is 48.7. The van der Waals surface area contributed by atoms with Crippen molar-refractivity contribution in [3.8, 4) is 0 Å². The molecule has 81 heavy (non-hydrogen) atoms. The van der Waals surface area contributed by atoms with Gasteiger partial charge in [-0.15, -0.1) is 0 Å². The largest absolute Gasteiger partial charge is 0.481 e. The second-order valence-corrected chi connectivity index (χ2v) is 19.6. The van der Waals surface area contributed by atoms with Gasteiger partial charge in [0.2, 0.25) is 47.3 Å². The maximum Gasteiger partial charge on any atom is 0.326 e. The van der Waals surface area contributed by atoms with Crippen LogP contribution in [-0.2, 0) is 73.6 Å². The maximum absolute atomic E-state index is 14.9. The van der Waals surface area contributed by atoms with E-state index in [1.165, 1.54) is 6.92 Å². The van der Waals surface area contributed by atoms with Gasteiger partial charge in [-0.1, -0.05) is 109 Å². The molecule has 0 spiro atoms. The number of hydrogen-bond donors (Lipinski definition) is 14. The first-order chi connectivity index (χ1) is 38.7. The number of benzene rings is 4. The highest BCUT2D eigenvalue weighted by Gasteiger charge is 2.36. The van der Waals surface area contributed by atoms with Crippen LogP contribution in [0.15, 0.2) is 121 Å². The summed E-state index contributed by atoms with van der Waals surface area (Å²) in [6.07, 6.45) is -1.50. The molecule has 0 aliphatic rings. The molecule has 5 aromatic rings. The van der Waals surface area contributed by atoms with Crippen molar-refractivity contribution < 1.29 is 63.3 Å². The molecule has 0 saturated heterocycles. The number of primary amides is 1. The Morgan fingerprint density at radius 1 is 0.506 bits per heavy atom. The predicted molar refractivity (Wildman–Crippen MR) is 297 cm³/mol. The van der Waals surface area contributed by atoms with Crippen LogP contribution >= 0.6 is 0 Å². The van der Waals surface area contributed by atoms with Gasteiger partial charge in [-0.25, -0.2) is 4.79 Å². The molecular weight excluding hydrogens is 1050 g/mol. The standard InChI is InChI=1S/C57H71N11O13/c1-33(69)49(56(79)67-45(29-36-19-9-4-10-20-36)52(75)63-42(57(80)81)24-25-48(71)72)68-51(74)41(23-13-14-26-58)62-55(78)46(30-37-32-61-40-22-12-11-21-38(37)40)66-54(77)44(28-35-17-7-3-8-18-35)65-53(76)43(27-34-15-5-2-6-16-34)64-50(73)39(59)31-47(60)70/h2-12,15-22,32-33,39,41-46,49,61,69H,13-14,23-31,58-59H2,1H3,(H2,60,70)(H,62,78)(H,63,75)(H,64,73)(H,65,76)(H,66,77)(H,67,79)(H,68,74)(H,71,72)(H,80,81)/t33-,39+,41+,42-,43+,44+,45+,46-,49+/m1/s1. The fourth-order valence-corrected chi connectivity index (χ4v) is 8.79. The van der Waals surface area contributed by atoms with Crippen molar-refractivity contribution in [2.45, 2.75) is 126 Å². The number of fused-ring (bicyclic) bond motifs is 1. The number of nitrogens with two attached hydrogens (primary N) is 3. The minimum atomic E-state index is -1.78.